The topological polar surface area (TPSA) is 30.5 Å². The van der Waals surface area contributed by atoms with Gasteiger partial charge in [-0.2, -0.15) is 0 Å². The molecule has 0 radical (unpaired) electrons. The summed E-state index contributed by atoms with van der Waals surface area (Å²) in [6.07, 6.45) is 0. The highest BCUT2D eigenvalue weighted by Crippen LogP contribution is 2.35. The van der Waals surface area contributed by atoms with Gasteiger partial charge in [-0.1, -0.05) is 33.6 Å². The van der Waals surface area contributed by atoms with Gasteiger partial charge >= 0.3 is 0 Å². The van der Waals surface area contributed by atoms with Gasteiger partial charge in [0.2, 0.25) is 0 Å². The monoisotopic (exact) mass is 443 g/mol. The van der Waals surface area contributed by atoms with Gasteiger partial charge in [0, 0.05) is 22.1 Å². The van der Waals surface area contributed by atoms with E-state index in [9.17, 15) is 4.39 Å². The van der Waals surface area contributed by atoms with Crippen LogP contribution in [0.25, 0.3) is 0 Å². The Balaban J connectivity index is 2.20. The van der Waals surface area contributed by atoms with Crippen molar-refractivity contribution < 1.29 is 13.9 Å². The molecule has 0 aromatic heterocycles. The predicted octanol–water partition coefficient (Wildman–Crippen LogP) is 6.11. The average molecular weight is 445 g/mol. The molecule has 6 heteroatoms. The Labute approximate surface area is 168 Å². The first-order chi connectivity index (χ1) is 12.2. The molecule has 3 nitrogen and oxygen atoms in total. The van der Waals surface area contributed by atoms with Crippen LogP contribution in [0, 0.1) is 5.82 Å². The fourth-order valence-electron chi connectivity index (χ4n) is 2.25. The number of halogens is 3. The fourth-order valence-corrected chi connectivity index (χ4v) is 2.93. The van der Waals surface area contributed by atoms with Crippen molar-refractivity contribution in [3.8, 4) is 11.5 Å². The summed E-state index contributed by atoms with van der Waals surface area (Å²) in [5.41, 5.74) is 1.81. The van der Waals surface area contributed by atoms with Gasteiger partial charge in [-0.05, 0) is 57.5 Å². The summed E-state index contributed by atoms with van der Waals surface area (Å²) < 4.78 is 25.7. The summed E-state index contributed by atoms with van der Waals surface area (Å²) >= 11 is 9.67. The Hall–Kier alpha value is -1.30. The average Bonchev–Trinajstić information content (AvgIpc) is 2.54. The van der Waals surface area contributed by atoms with Crippen molar-refractivity contribution in [1.82, 2.24) is 5.32 Å². The van der Waals surface area contributed by atoms with E-state index in [1.807, 2.05) is 19.1 Å². The summed E-state index contributed by atoms with van der Waals surface area (Å²) in [6, 6.07) is 8.12. The van der Waals surface area contributed by atoms with Crippen LogP contribution in [0.3, 0.4) is 0 Å². The van der Waals surface area contributed by atoms with Crippen molar-refractivity contribution >= 4 is 27.5 Å². The largest absolute Gasteiger partial charge is 0.490 e. The number of ether oxygens (including phenoxy) is 2. The first-order valence-electron chi connectivity index (χ1n) is 8.46. The van der Waals surface area contributed by atoms with Crippen LogP contribution >= 0.6 is 27.5 Å². The van der Waals surface area contributed by atoms with E-state index < -0.39 is 0 Å². The Morgan fingerprint density at radius 1 is 1.08 bits per heavy atom. The van der Waals surface area contributed by atoms with Gasteiger partial charge < -0.3 is 14.8 Å². The van der Waals surface area contributed by atoms with E-state index in [1.165, 1.54) is 12.1 Å². The van der Waals surface area contributed by atoms with Gasteiger partial charge in [0.15, 0.2) is 11.5 Å². The van der Waals surface area contributed by atoms with Crippen LogP contribution in [0.1, 0.15) is 38.8 Å². The highest BCUT2D eigenvalue weighted by atomic mass is 79.9. The van der Waals surface area contributed by atoms with Crippen LogP contribution in [-0.2, 0) is 13.2 Å². The van der Waals surface area contributed by atoms with E-state index in [0.717, 1.165) is 10.0 Å². The molecule has 2 aromatic carbocycles. The number of hydrogen-bond donors (Lipinski definition) is 1. The maximum Gasteiger partial charge on any atom is 0.162 e. The zero-order valence-electron chi connectivity index (χ0n) is 15.5. The minimum Gasteiger partial charge on any atom is -0.490 e. The molecule has 0 aliphatic heterocycles. The molecule has 0 saturated heterocycles. The Kier molecular flexibility index (Phi) is 7.33. The lowest BCUT2D eigenvalue weighted by Crippen LogP contribution is -2.35. The minimum atomic E-state index is -0.368. The van der Waals surface area contributed by atoms with Crippen LogP contribution < -0.4 is 14.8 Å². The third-order valence-electron chi connectivity index (χ3n) is 3.62. The molecule has 2 rings (SSSR count). The van der Waals surface area contributed by atoms with Crippen molar-refractivity contribution in [2.75, 3.05) is 6.61 Å². The van der Waals surface area contributed by atoms with Crippen molar-refractivity contribution in [1.29, 1.82) is 0 Å². The maximum absolute atomic E-state index is 13.2. The van der Waals surface area contributed by atoms with Crippen LogP contribution in [0.15, 0.2) is 34.8 Å². The third kappa shape index (κ3) is 6.15. The molecule has 1 N–H and O–H groups in total. The molecule has 0 heterocycles. The van der Waals surface area contributed by atoms with Gasteiger partial charge in [-0.15, -0.1) is 0 Å². The zero-order chi connectivity index (χ0) is 19.3. The maximum atomic E-state index is 13.2. The van der Waals surface area contributed by atoms with Gasteiger partial charge in [-0.3, -0.25) is 0 Å². The van der Waals surface area contributed by atoms with Crippen LogP contribution in [0.4, 0.5) is 4.39 Å². The van der Waals surface area contributed by atoms with Crippen molar-refractivity contribution in [3.05, 3.63) is 56.8 Å². The molecular weight excluding hydrogens is 421 g/mol. The second-order valence-corrected chi connectivity index (χ2v) is 8.21. The van der Waals surface area contributed by atoms with Crippen LogP contribution in [0.5, 0.6) is 11.5 Å². The van der Waals surface area contributed by atoms with E-state index in [2.05, 4.69) is 42.0 Å². The number of rotatable bonds is 7. The summed E-state index contributed by atoms with van der Waals surface area (Å²) in [5, 5.41) is 3.80. The smallest absolute Gasteiger partial charge is 0.162 e. The summed E-state index contributed by atoms with van der Waals surface area (Å²) in [6.45, 7) is 9.74. The molecule has 0 saturated carbocycles. The second-order valence-electron chi connectivity index (χ2n) is 6.95. The normalized spacial score (nSPS) is 11.5. The highest BCUT2D eigenvalue weighted by Gasteiger charge is 2.15. The molecule has 0 aliphatic carbocycles. The SMILES string of the molecule is CCOc1cc(CNC(C)(C)C)c(Br)cc1OCc1ccc(F)cc1Cl. The van der Waals surface area contributed by atoms with Gasteiger partial charge in [0.1, 0.15) is 12.4 Å². The van der Waals surface area contributed by atoms with E-state index in [-0.39, 0.29) is 18.0 Å². The Bertz CT molecular complexity index is 762. The molecule has 0 unspecified atom stereocenters. The number of benzene rings is 2. The first kappa shape index (κ1) is 21.0. The molecule has 0 aliphatic rings. The molecule has 26 heavy (non-hydrogen) atoms. The second kappa shape index (κ2) is 9.07. The Morgan fingerprint density at radius 3 is 2.38 bits per heavy atom. The molecule has 0 fully saturated rings. The molecule has 2 aromatic rings. The quantitative estimate of drug-likeness (QED) is 0.559. The Morgan fingerprint density at radius 2 is 1.77 bits per heavy atom. The standard InChI is InChI=1S/C20H24BrClFNO2/c1-5-25-18-8-14(11-24-20(2,3)4)16(21)10-19(18)26-12-13-6-7-15(23)9-17(13)22/h6-10,24H,5,11-12H2,1-4H3. The molecule has 142 valence electrons. The lowest BCUT2D eigenvalue weighted by Gasteiger charge is -2.22. The predicted molar refractivity (Wildman–Crippen MR) is 108 cm³/mol. The molecule has 0 spiro atoms. The van der Waals surface area contributed by atoms with Crippen molar-refractivity contribution in [2.45, 2.75) is 46.4 Å². The number of nitrogens with one attached hydrogen (secondary N) is 1. The summed E-state index contributed by atoms with van der Waals surface area (Å²) in [4.78, 5) is 0. The van der Waals surface area contributed by atoms with E-state index >= 15 is 0 Å². The zero-order valence-corrected chi connectivity index (χ0v) is 17.8. The van der Waals surface area contributed by atoms with E-state index in [1.54, 1.807) is 6.07 Å². The van der Waals surface area contributed by atoms with Crippen molar-refractivity contribution in [2.24, 2.45) is 0 Å². The summed E-state index contributed by atoms with van der Waals surface area (Å²) in [5.74, 6) is 0.908. The molecule has 0 atom stereocenters. The number of hydrogen-bond acceptors (Lipinski definition) is 3. The third-order valence-corrected chi connectivity index (χ3v) is 4.71. The van der Waals surface area contributed by atoms with E-state index in [4.69, 9.17) is 21.1 Å². The van der Waals surface area contributed by atoms with Gasteiger partial charge in [0.25, 0.3) is 0 Å². The lowest BCUT2D eigenvalue weighted by molar-refractivity contribution is 0.268. The van der Waals surface area contributed by atoms with E-state index in [0.29, 0.717) is 35.2 Å². The summed E-state index contributed by atoms with van der Waals surface area (Å²) in [7, 11) is 0. The molecule has 0 amide bonds. The van der Waals surface area contributed by atoms with Crippen LogP contribution in [-0.4, -0.2) is 12.1 Å². The van der Waals surface area contributed by atoms with Crippen molar-refractivity contribution in [3.63, 3.8) is 0 Å². The first-order valence-corrected chi connectivity index (χ1v) is 9.63. The molecular formula is C20H24BrClFNO2. The fraction of sp³-hybridized carbons (Fsp3) is 0.400. The highest BCUT2D eigenvalue weighted by molar-refractivity contribution is 9.10. The van der Waals surface area contributed by atoms with Crippen LogP contribution in [0.2, 0.25) is 5.02 Å². The van der Waals surface area contributed by atoms with Gasteiger partial charge in [0.05, 0.1) is 11.6 Å². The minimum absolute atomic E-state index is 0.0136. The van der Waals surface area contributed by atoms with Gasteiger partial charge in [-0.25, -0.2) is 4.39 Å². The molecule has 0 bridgehead atoms. The lowest BCUT2D eigenvalue weighted by atomic mass is 10.1.